The zero-order valence-electron chi connectivity index (χ0n) is 16.0. The van der Waals surface area contributed by atoms with E-state index in [2.05, 4.69) is 32.3 Å². The molecule has 1 aliphatic rings. The third-order valence-electron chi connectivity index (χ3n) is 5.58. The van der Waals surface area contributed by atoms with Gasteiger partial charge in [-0.1, -0.05) is 6.92 Å². The molecule has 1 N–H and O–H groups in total. The van der Waals surface area contributed by atoms with Crippen LogP contribution in [0.3, 0.4) is 0 Å². The second-order valence-electron chi connectivity index (χ2n) is 7.53. The van der Waals surface area contributed by atoms with Crippen molar-refractivity contribution in [1.29, 1.82) is 0 Å². The lowest BCUT2D eigenvalue weighted by atomic mass is 9.92. The maximum absolute atomic E-state index is 13.3. The number of fused-ring (bicyclic) bond motifs is 2. The fourth-order valence-corrected chi connectivity index (χ4v) is 3.90. The number of nitrogens with zero attached hydrogens (tertiary/aromatic N) is 6. The van der Waals surface area contributed by atoms with Crippen LogP contribution in [0, 0.1) is 0 Å². The standard InChI is InChI=1S/C20H21F2N7/c1-2-15-10-25-19-24-9-13(12-28(15)19)16-5-8-29-17(16)11-23-18(27-29)26-14-3-6-20(21,22)7-4-14/h5,8-12,14H,2-4,6-7H2,1H3,(H,26,27). The first kappa shape index (κ1) is 18.0. The Kier molecular flexibility index (Phi) is 4.18. The van der Waals surface area contributed by atoms with E-state index in [4.69, 9.17) is 0 Å². The summed E-state index contributed by atoms with van der Waals surface area (Å²) < 4.78 is 30.4. The lowest BCUT2D eigenvalue weighted by molar-refractivity contribution is -0.0361. The Bertz CT molecular complexity index is 1170. The van der Waals surface area contributed by atoms with E-state index in [0.29, 0.717) is 24.6 Å². The highest BCUT2D eigenvalue weighted by Gasteiger charge is 2.35. The topological polar surface area (TPSA) is 72.4 Å². The van der Waals surface area contributed by atoms with E-state index >= 15 is 0 Å². The van der Waals surface area contributed by atoms with Gasteiger partial charge in [-0.25, -0.2) is 28.2 Å². The van der Waals surface area contributed by atoms with Crippen LogP contribution in [-0.4, -0.2) is 40.9 Å². The quantitative estimate of drug-likeness (QED) is 0.564. The Balaban J connectivity index is 1.42. The predicted octanol–water partition coefficient (Wildman–Crippen LogP) is 3.99. The minimum atomic E-state index is -2.54. The molecule has 1 aliphatic carbocycles. The van der Waals surface area contributed by atoms with Crippen LogP contribution in [0.5, 0.6) is 0 Å². The van der Waals surface area contributed by atoms with Crippen molar-refractivity contribution in [1.82, 2.24) is 29.0 Å². The minimum Gasteiger partial charge on any atom is -0.350 e. The summed E-state index contributed by atoms with van der Waals surface area (Å²) in [5.41, 5.74) is 3.87. The van der Waals surface area contributed by atoms with Gasteiger partial charge in [-0.15, -0.1) is 5.10 Å². The van der Waals surface area contributed by atoms with Crippen molar-refractivity contribution in [2.45, 2.75) is 51.0 Å². The SMILES string of the molecule is CCc1cnc2ncc(-c3ccn4nc(NC5CCC(F)(F)CC5)ncc34)cn12. The van der Waals surface area contributed by atoms with Crippen LogP contribution in [0.1, 0.15) is 38.3 Å². The van der Waals surface area contributed by atoms with Crippen molar-refractivity contribution in [2.75, 3.05) is 5.32 Å². The zero-order chi connectivity index (χ0) is 20.0. The maximum atomic E-state index is 13.3. The lowest BCUT2D eigenvalue weighted by Crippen LogP contribution is -2.32. The summed E-state index contributed by atoms with van der Waals surface area (Å²) in [7, 11) is 0. The number of nitrogens with one attached hydrogen (secondary N) is 1. The molecule has 1 saturated carbocycles. The summed E-state index contributed by atoms with van der Waals surface area (Å²) in [6.45, 7) is 2.08. The molecule has 0 bridgehead atoms. The molecule has 0 unspecified atom stereocenters. The lowest BCUT2D eigenvalue weighted by Gasteiger charge is -2.28. The Labute approximate surface area is 165 Å². The summed E-state index contributed by atoms with van der Waals surface area (Å²) in [6.07, 6.45) is 10.8. The Morgan fingerprint density at radius 3 is 2.72 bits per heavy atom. The highest BCUT2D eigenvalue weighted by Crippen LogP contribution is 2.34. The largest absolute Gasteiger partial charge is 0.350 e. The van der Waals surface area contributed by atoms with Crippen molar-refractivity contribution in [3.63, 3.8) is 0 Å². The van der Waals surface area contributed by atoms with Gasteiger partial charge in [-0.3, -0.25) is 4.40 Å². The molecule has 4 heterocycles. The molecule has 150 valence electrons. The summed E-state index contributed by atoms with van der Waals surface area (Å²) in [5.74, 6) is -1.42. The summed E-state index contributed by atoms with van der Waals surface area (Å²) >= 11 is 0. The van der Waals surface area contributed by atoms with Crippen molar-refractivity contribution in [3.05, 3.63) is 42.7 Å². The molecule has 0 atom stereocenters. The van der Waals surface area contributed by atoms with Gasteiger partial charge in [-0.05, 0) is 25.3 Å². The number of anilines is 1. The van der Waals surface area contributed by atoms with Gasteiger partial charge in [0.25, 0.3) is 0 Å². The van der Waals surface area contributed by atoms with E-state index in [-0.39, 0.29) is 18.9 Å². The molecular formula is C20H21F2N7. The molecule has 7 nitrogen and oxygen atoms in total. The second-order valence-corrected chi connectivity index (χ2v) is 7.53. The summed E-state index contributed by atoms with van der Waals surface area (Å²) in [4.78, 5) is 13.2. The first-order valence-electron chi connectivity index (χ1n) is 9.83. The van der Waals surface area contributed by atoms with Gasteiger partial charge in [0.05, 0.1) is 17.9 Å². The van der Waals surface area contributed by atoms with Gasteiger partial charge in [0.1, 0.15) is 0 Å². The van der Waals surface area contributed by atoms with Gasteiger partial charge in [0, 0.05) is 54.3 Å². The molecule has 5 rings (SSSR count). The van der Waals surface area contributed by atoms with Crippen LogP contribution >= 0.6 is 0 Å². The number of aryl methyl sites for hydroxylation is 1. The minimum absolute atomic E-state index is 0.0255. The molecule has 1 fully saturated rings. The number of halogens is 2. The van der Waals surface area contributed by atoms with E-state index in [9.17, 15) is 8.78 Å². The van der Waals surface area contributed by atoms with Gasteiger partial charge in [0.15, 0.2) is 0 Å². The number of aromatic nitrogens is 6. The number of alkyl halides is 2. The predicted molar refractivity (Wildman–Crippen MR) is 105 cm³/mol. The maximum Gasteiger partial charge on any atom is 0.248 e. The molecule has 29 heavy (non-hydrogen) atoms. The van der Waals surface area contributed by atoms with Crippen LogP contribution in [0.15, 0.2) is 37.1 Å². The number of imidazole rings is 1. The third-order valence-corrected chi connectivity index (χ3v) is 5.58. The van der Waals surface area contributed by atoms with Crippen molar-refractivity contribution < 1.29 is 8.78 Å². The zero-order valence-corrected chi connectivity index (χ0v) is 16.0. The van der Waals surface area contributed by atoms with Crippen LogP contribution in [0.4, 0.5) is 14.7 Å². The molecule has 4 aromatic rings. The van der Waals surface area contributed by atoms with Crippen LogP contribution in [-0.2, 0) is 6.42 Å². The van der Waals surface area contributed by atoms with E-state index in [1.807, 2.05) is 29.1 Å². The van der Waals surface area contributed by atoms with Crippen LogP contribution in [0.2, 0.25) is 0 Å². The van der Waals surface area contributed by atoms with Crippen LogP contribution < -0.4 is 5.32 Å². The number of hydrogen-bond donors (Lipinski definition) is 1. The Hall–Kier alpha value is -3.10. The molecule has 0 radical (unpaired) electrons. The fourth-order valence-electron chi connectivity index (χ4n) is 3.90. The molecular weight excluding hydrogens is 376 g/mol. The van der Waals surface area contributed by atoms with Gasteiger partial charge in [0.2, 0.25) is 17.6 Å². The van der Waals surface area contributed by atoms with E-state index in [1.54, 1.807) is 16.9 Å². The summed E-state index contributed by atoms with van der Waals surface area (Å²) in [6, 6.07) is 1.95. The molecule has 9 heteroatoms. The van der Waals surface area contributed by atoms with E-state index in [1.165, 1.54) is 0 Å². The monoisotopic (exact) mass is 397 g/mol. The Morgan fingerprint density at radius 2 is 1.93 bits per heavy atom. The first-order chi connectivity index (χ1) is 14.0. The first-order valence-corrected chi connectivity index (χ1v) is 9.83. The number of hydrogen-bond acceptors (Lipinski definition) is 5. The van der Waals surface area contributed by atoms with Crippen molar-refractivity contribution >= 4 is 17.2 Å². The molecule has 0 amide bonds. The highest BCUT2D eigenvalue weighted by atomic mass is 19.3. The molecule has 4 aromatic heterocycles. The average Bonchev–Trinajstić information content (AvgIpc) is 3.32. The smallest absolute Gasteiger partial charge is 0.248 e. The van der Waals surface area contributed by atoms with Crippen molar-refractivity contribution in [2.24, 2.45) is 0 Å². The summed E-state index contributed by atoms with van der Waals surface area (Å²) in [5, 5.41) is 7.70. The molecule has 0 aliphatic heterocycles. The van der Waals surface area contributed by atoms with E-state index < -0.39 is 5.92 Å². The van der Waals surface area contributed by atoms with Gasteiger partial charge in [-0.2, -0.15) is 0 Å². The molecule has 0 aromatic carbocycles. The van der Waals surface area contributed by atoms with Gasteiger partial charge < -0.3 is 5.32 Å². The molecule has 0 saturated heterocycles. The van der Waals surface area contributed by atoms with Crippen LogP contribution in [0.25, 0.3) is 22.4 Å². The highest BCUT2D eigenvalue weighted by molar-refractivity contribution is 5.79. The third kappa shape index (κ3) is 3.30. The Morgan fingerprint density at radius 1 is 1.14 bits per heavy atom. The van der Waals surface area contributed by atoms with Gasteiger partial charge >= 0.3 is 0 Å². The normalized spacial score (nSPS) is 17.2. The average molecular weight is 397 g/mol. The fraction of sp³-hybridized carbons (Fsp3) is 0.400. The van der Waals surface area contributed by atoms with E-state index in [0.717, 1.165) is 28.8 Å². The molecule has 0 spiro atoms. The number of rotatable bonds is 4. The second kappa shape index (κ2) is 6.75. The van der Waals surface area contributed by atoms with Crippen molar-refractivity contribution in [3.8, 4) is 11.1 Å².